The van der Waals surface area contributed by atoms with Crippen molar-refractivity contribution in [1.82, 2.24) is 0 Å². The van der Waals surface area contributed by atoms with Gasteiger partial charge in [-0.2, -0.15) is 0 Å². The van der Waals surface area contributed by atoms with Crippen LogP contribution in [0.3, 0.4) is 0 Å². The third kappa shape index (κ3) is 2.69. The first-order valence-corrected chi connectivity index (χ1v) is 5.46. The van der Waals surface area contributed by atoms with Crippen LogP contribution in [0.15, 0.2) is 34.3 Å². The van der Waals surface area contributed by atoms with Crippen molar-refractivity contribution in [2.24, 2.45) is 0 Å². The summed E-state index contributed by atoms with van der Waals surface area (Å²) in [6.45, 7) is 1.91. The predicted molar refractivity (Wildman–Crippen MR) is 63.3 cm³/mol. The molecule has 3 heteroatoms. The lowest BCUT2D eigenvalue weighted by atomic mass is 10.1. The van der Waals surface area contributed by atoms with Gasteiger partial charge in [-0.25, -0.2) is 0 Å². The number of carbonyl (C=O) groups excluding carboxylic acids is 1. The smallest absolute Gasteiger partial charge is 0.147 e. The number of carbonyl (C=O) groups is 1. The minimum atomic E-state index is 0.537. The summed E-state index contributed by atoms with van der Waals surface area (Å²) in [5.74, 6) is 0. The zero-order chi connectivity index (χ0) is 10.6. The second-order valence-electron chi connectivity index (χ2n) is 2.82. The lowest BCUT2D eigenvalue weighted by molar-refractivity contribution is -0.104. The van der Waals surface area contributed by atoms with E-state index in [4.69, 9.17) is 11.6 Å². The molecule has 1 nitrogen and oxygen atoms in total. The average molecular weight is 274 g/mol. The number of allylic oxidation sites excluding steroid dienone is 1. The van der Waals surface area contributed by atoms with Gasteiger partial charge in [0.1, 0.15) is 6.29 Å². The van der Waals surface area contributed by atoms with Crippen LogP contribution in [0, 0.1) is 0 Å². The molecule has 0 bridgehead atoms. The SMILES string of the molecule is CC/C(C=O)=C(/Cl)c1ccc(Br)cc1. The highest BCUT2D eigenvalue weighted by Gasteiger charge is 2.04. The van der Waals surface area contributed by atoms with Gasteiger partial charge in [-0.15, -0.1) is 0 Å². The van der Waals surface area contributed by atoms with Crippen LogP contribution in [0.4, 0.5) is 0 Å². The number of benzene rings is 1. The lowest BCUT2D eigenvalue weighted by Gasteiger charge is -2.02. The minimum Gasteiger partial charge on any atom is -0.298 e. The standard InChI is InChI=1S/C11H10BrClO/c1-2-8(7-14)11(13)9-3-5-10(12)6-4-9/h3-7H,2H2,1H3/b11-8-. The molecule has 0 saturated carbocycles. The van der Waals surface area contributed by atoms with Gasteiger partial charge in [-0.1, -0.05) is 46.6 Å². The van der Waals surface area contributed by atoms with Gasteiger partial charge < -0.3 is 0 Å². The molecule has 0 heterocycles. The Labute approximate surface area is 96.9 Å². The minimum absolute atomic E-state index is 0.537. The van der Waals surface area contributed by atoms with Gasteiger partial charge in [0, 0.05) is 10.0 Å². The number of aldehydes is 1. The Hall–Kier alpha value is -0.600. The largest absolute Gasteiger partial charge is 0.298 e. The first-order valence-electron chi connectivity index (χ1n) is 4.28. The summed E-state index contributed by atoms with van der Waals surface area (Å²) in [5.41, 5.74) is 1.51. The Balaban J connectivity index is 3.10. The number of hydrogen-bond donors (Lipinski definition) is 0. The van der Waals surface area contributed by atoms with Crippen molar-refractivity contribution < 1.29 is 4.79 Å². The molecule has 0 aliphatic carbocycles. The summed E-state index contributed by atoms with van der Waals surface area (Å²) >= 11 is 9.39. The van der Waals surface area contributed by atoms with Crippen molar-refractivity contribution in [2.75, 3.05) is 0 Å². The van der Waals surface area contributed by atoms with Gasteiger partial charge in [-0.3, -0.25) is 4.79 Å². The van der Waals surface area contributed by atoms with E-state index in [1.807, 2.05) is 31.2 Å². The monoisotopic (exact) mass is 272 g/mol. The van der Waals surface area contributed by atoms with Gasteiger partial charge in [0.15, 0.2) is 0 Å². The summed E-state index contributed by atoms with van der Waals surface area (Å²) in [6.07, 6.45) is 1.46. The van der Waals surface area contributed by atoms with E-state index in [2.05, 4.69) is 15.9 Å². The molecular formula is C11H10BrClO. The van der Waals surface area contributed by atoms with Crippen LogP contribution in [0.5, 0.6) is 0 Å². The fourth-order valence-corrected chi connectivity index (χ4v) is 1.64. The molecule has 0 fully saturated rings. The maximum Gasteiger partial charge on any atom is 0.147 e. The highest BCUT2D eigenvalue weighted by atomic mass is 79.9. The fraction of sp³-hybridized carbons (Fsp3) is 0.182. The number of rotatable bonds is 3. The third-order valence-corrected chi connectivity index (χ3v) is 2.89. The van der Waals surface area contributed by atoms with Gasteiger partial charge >= 0.3 is 0 Å². The van der Waals surface area contributed by atoms with Crippen LogP contribution in [-0.2, 0) is 4.79 Å². The molecule has 0 unspecified atom stereocenters. The van der Waals surface area contributed by atoms with Gasteiger partial charge in [-0.05, 0) is 24.1 Å². The quantitative estimate of drug-likeness (QED) is 0.601. The van der Waals surface area contributed by atoms with Crippen LogP contribution in [0.1, 0.15) is 18.9 Å². The molecule has 1 rings (SSSR count). The van der Waals surface area contributed by atoms with Gasteiger partial charge in [0.2, 0.25) is 0 Å². The van der Waals surface area contributed by atoms with E-state index in [1.165, 1.54) is 0 Å². The molecule has 0 amide bonds. The van der Waals surface area contributed by atoms with Crippen molar-refractivity contribution in [3.63, 3.8) is 0 Å². The molecule has 1 aromatic carbocycles. The van der Waals surface area contributed by atoms with E-state index in [0.717, 1.165) is 16.3 Å². The first-order chi connectivity index (χ1) is 6.69. The summed E-state index contributed by atoms with van der Waals surface area (Å²) in [6, 6.07) is 7.56. The normalized spacial score (nSPS) is 12.2. The van der Waals surface area contributed by atoms with E-state index < -0.39 is 0 Å². The summed E-state index contributed by atoms with van der Waals surface area (Å²) in [7, 11) is 0. The molecule has 0 saturated heterocycles. The van der Waals surface area contributed by atoms with Crippen LogP contribution >= 0.6 is 27.5 Å². The summed E-state index contributed by atoms with van der Waals surface area (Å²) < 4.78 is 0.995. The highest BCUT2D eigenvalue weighted by Crippen LogP contribution is 2.25. The zero-order valence-electron chi connectivity index (χ0n) is 7.76. The molecule has 1 aromatic rings. The maximum absolute atomic E-state index is 10.7. The number of halogens is 2. The molecule has 0 radical (unpaired) electrons. The Bertz CT molecular complexity index is 354. The Morgan fingerprint density at radius 2 is 2.00 bits per heavy atom. The van der Waals surface area contributed by atoms with Gasteiger partial charge in [0.05, 0.1) is 5.03 Å². The van der Waals surface area contributed by atoms with Crippen molar-refractivity contribution in [3.05, 3.63) is 39.9 Å². The van der Waals surface area contributed by atoms with E-state index >= 15 is 0 Å². The molecule has 0 spiro atoms. The Morgan fingerprint density at radius 1 is 1.43 bits per heavy atom. The third-order valence-electron chi connectivity index (χ3n) is 1.90. The number of hydrogen-bond acceptors (Lipinski definition) is 1. The predicted octanol–water partition coefficient (Wildman–Crippen LogP) is 4.01. The first kappa shape index (κ1) is 11.5. The van der Waals surface area contributed by atoms with E-state index in [9.17, 15) is 4.79 Å². The van der Waals surface area contributed by atoms with Crippen LogP contribution in [-0.4, -0.2) is 6.29 Å². The van der Waals surface area contributed by atoms with Crippen molar-refractivity contribution >= 4 is 38.8 Å². The molecule has 0 aliphatic heterocycles. The summed E-state index contributed by atoms with van der Waals surface area (Å²) in [5, 5.41) is 0.537. The van der Waals surface area contributed by atoms with Crippen LogP contribution < -0.4 is 0 Å². The summed E-state index contributed by atoms with van der Waals surface area (Å²) in [4.78, 5) is 10.7. The second-order valence-corrected chi connectivity index (χ2v) is 4.11. The molecule has 14 heavy (non-hydrogen) atoms. The molecule has 0 aromatic heterocycles. The zero-order valence-corrected chi connectivity index (χ0v) is 10.1. The maximum atomic E-state index is 10.7. The molecular weight excluding hydrogens is 263 g/mol. The average Bonchev–Trinajstić information content (AvgIpc) is 2.20. The van der Waals surface area contributed by atoms with E-state index in [-0.39, 0.29) is 0 Å². The topological polar surface area (TPSA) is 17.1 Å². The second kappa shape index (κ2) is 5.32. The van der Waals surface area contributed by atoms with Crippen LogP contribution in [0.2, 0.25) is 0 Å². The van der Waals surface area contributed by atoms with E-state index in [0.29, 0.717) is 17.0 Å². The van der Waals surface area contributed by atoms with Crippen molar-refractivity contribution in [2.45, 2.75) is 13.3 Å². The highest BCUT2D eigenvalue weighted by molar-refractivity contribution is 9.10. The Morgan fingerprint density at radius 3 is 2.43 bits per heavy atom. The van der Waals surface area contributed by atoms with Crippen LogP contribution in [0.25, 0.3) is 5.03 Å². The van der Waals surface area contributed by atoms with Gasteiger partial charge in [0.25, 0.3) is 0 Å². The van der Waals surface area contributed by atoms with Crippen molar-refractivity contribution in [3.8, 4) is 0 Å². The fourth-order valence-electron chi connectivity index (χ4n) is 1.07. The Kier molecular flexibility index (Phi) is 4.36. The molecule has 0 aliphatic rings. The molecule has 74 valence electrons. The van der Waals surface area contributed by atoms with Crippen molar-refractivity contribution in [1.29, 1.82) is 0 Å². The van der Waals surface area contributed by atoms with E-state index in [1.54, 1.807) is 0 Å². The molecule has 0 atom stereocenters. The molecule has 0 N–H and O–H groups in total. The lowest BCUT2D eigenvalue weighted by Crippen LogP contribution is -1.87.